The third kappa shape index (κ3) is 2.91. The van der Waals surface area contributed by atoms with E-state index in [2.05, 4.69) is 0 Å². The molecule has 2 aliphatic carbocycles. The summed E-state index contributed by atoms with van der Waals surface area (Å²) in [6, 6.07) is 5.56. The van der Waals surface area contributed by atoms with E-state index in [9.17, 15) is 17.6 Å². The van der Waals surface area contributed by atoms with Gasteiger partial charge in [0, 0.05) is 30.5 Å². The number of fused-ring (bicyclic) bond motifs is 2. The zero-order valence-electron chi connectivity index (χ0n) is 15.5. The molecule has 1 unspecified atom stereocenters. The summed E-state index contributed by atoms with van der Waals surface area (Å²) in [5.74, 6) is -4.80. The summed E-state index contributed by atoms with van der Waals surface area (Å²) in [7, 11) is 0. The van der Waals surface area contributed by atoms with Gasteiger partial charge in [-0.15, -0.1) is 0 Å². The van der Waals surface area contributed by atoms with Gasteiger partial charge in [0.25, 0.3) is 5.92 Å². The smallest absolute Gasteiger partial charge is 0.292 e. The Bertz CT molecular complexity index is 1030. The van der Waals surface area contributed by atoms with Crippen LogP contribution < -0.4 is 0 Å². The van der Waals surface area contributed by atoms with Gasteiger partial charge in [-0.3, -0.25) is 5.41 Å². The molecule has 2 aromatic rings. The first kappa shape index (κ1) is 18.7. The molecule has 1 N–H and O–H groups in total. The van der Waals surface area contributed by atoms with Crippen molar-refractivity contribution in [2.45, 2.75) is 45.1 Å². The summed E-state index contributed by atoms with van der Waals surface area (Å²) < 4.78 is 62.9. The summed E-state index contributed by atoms with van der Waals surface area (Å²) in [6.07, 6.45) is 0.803. The molecule has 0 fully saturated rings. The number of benzene rings is 2. The number of hydrogen-bond donors (Lipinski definition) is 1. The van der Waals surface area contributed by atoms with Crippen LogP contribution in [0, 0.1) is 24.0 Å². The number of rotatable bonds is 2. The van der Waals surface area contributed by atoms with Crippen molar-refractivity contribution < 1.29 is 22.3 Å². The number of ether oxygens (including phenoxy) is 1. The van der Waals surface area contributed by atoms with Crippen LogP contribution in [0.1, 0.15) is 52.8 Å². The molecule has 0 radical (unpaired) electrons. The van der Waals surface area contributed by atoms with Crippen LogP contribution in [0.5, 0.6) is 0 Å². The van der Waals surface area contributed by atoms with Gasteiger partial charge in [0.1, 0.15) is 11.6 Å². The minimum absolute atomic E-state index is 0.273. The Balaban J connectivity index is 1.91. The zero-order chi connectivity index (χ0) is 20.2. The fourth-order valence-corrected chi connectivity index (χ4v) is 4.30. The molecule has 0 saturated heterocycles. The van der Waals surface area contributed by atoms with Crippen LogP contribution >= 0.6 is 0 Å². The molecule has 2 aliphatic rings. The molecule has 0 saturated carbocycles. The fraction of sp³-hybridized carbons (Fsp3) is 0.318. The van der Waals surface area contributed by atoms with Crippen molar-refractivity contribution in [2.75, 3.05) is 0 Å². The van der Waals surface area contributed by atoms with Crippen LogP contribution in [-0.4, -0.2) is 11.8 Å². The lowest BCUT2D eigenvalue weighted by Gasteiger charge is -2.23. The quantitative estimate of drug-likeness (QED) is 0.387. The molecule has 0 spiro atoms. The van der Waals surface area contributed by atoms with Crippen LogP contribution in [0.25, 0.3) is 5.57 Å². The van der Waals surface area contributed by atoms with Crippen LogP contribution in [0.15, 0.2) is 30.3 Å². The Kier molecular flexibility index (Phi) is 4.32. The first-order valence-corrected chi connectivity index (χ1v) is 9.10. The third-order valence-electron chi connectivity index (χ3n) is 5.39. The van der Waals surface area contributed by atoms with Crippen LogP contribution in [0.4, 0.5) is 17.6 Å². The van der Waals surface area contributed by atoms with E-state index >= 15 is 0 Å². The van der Waals surface area contributed by atoms with E-state index in [1.165, 1.54) is 13.0 Å². The number of halogens is 4. The van der Waals surface area contributed by atoms with Crippen LogP contribution in [0.2, 0.25) is 0 Å². The van der Waals surface area contributed by atoms with Gasteiger partial charge in [0.15, 0.2) is 12.0 Å². The standard InChI is InChI=1S/C22H19F4NO/c1-11-6-7-15(17-10-22(25,26)21(19(11)17)28-12(2)27)16-5-3-4-13-8-14(23)9-18(24)20(13)16/h5-9,21,27H,3-4,10H2,1-2H3. The van der Waals surface area contributed by atoms with Crippen molar-refractivity contribution in [1.29, 1.82) is 5.41 Å². The number of nitrogens with one attached hydrogen (secondary N) is 1. The van der Waals surface area contributed by atoms with Gasteiger partial charge >= 0.3 is 0 Å². The molecule has 0 aromatic heterocycles. The molecule has 2 nitrogen and oxygen atoms in total. The first-order chi connectivity index (χ1) is 13.2. The summed E-state index contributed by atoms with van der Waals surface area (Å²) in [4.78, 5) is 0. The highest BCUT2D eigenvalue weighted by molar-refractivity contribution is 5.85. The molecule has 0 aliphatic heterocycles. The maximum Gasteiger partial charge on any atom is 0.292 e. The van der Waals surface area contributed by atoms with E-state index in [4.69, 9.17) is 10.1 Å². The molecule has 28 heavy (non-hydrogen) atoms. The van der Waals surface area contributed by atoms with Gasteiger partial charge in [-0.05, 0) is 53.7 Å². The van der Waals surface area contributed by atoms with Crippen molar-refractivity contribution in [1.82, 2.24) is 0 Å². The predicted octanol–water partition coefficient (Wildman–Crippen LogP) is 5.90. The molecule has 146 valence electrons. The van der Waals surface area contributed by atoms with Gasteiger partial charge in [-0.25, -0.2) is 17.6 Å². The largest absolute Gasteiger partial charge is 0.467 e. The van der Waals surface area contributed by atoms with Crippen LogP contribution in [0.3, 0.4) is 0 Å². The molecule has 6 heteroatoms. The minimum atomic E-state index is -3.18. The lowest BCUT2D eigenvalue weighted by Crippen LogP contribution is -2.26. The highest BCUT2D eigenvalue weighted by Crippen LogP contribution is 2.50. The lowest BCUT2D eigenvalue weighted by atomic mass is 9.83. The van der Waals surface area contributed by atoms with Crippen molar-refractivity contribution in [2.24, 2.45) is 0 Å². The lowest BCUT2D eigenvalue weighted by molar-refractivity contribution is -0.0908. The third-order valence-corrected chi connectivity index (χ3v) is 5.39. The van der Waals surface area contributed by atoms with E-state index in [0.29, 0.717) is 46.2 Å². The van der Waals surface area contributed by atoms with E-state index < -0.39 is 30.1 Å². The minimum Gasteiger partial charge on any atom is -0.467 e. The van der Waals surface area contributed by atoms with E-state index in [0.717, 1.165) is 6.07 Å². The Morgan fingerprint density at radius 3 is 2.68 bits per heavy atom. The summed E-state index contributed by atoms with van der Waals surface area (Å²) in [5.41, 5.74) is 3.23. The SMILES string of the molecule is CC(=N)OC1c2c(C)ccc(C3=CCCc4cc(F)cc(F)c43)c2CC1(F)F. The van der Waals surface area contributed by atoms with Gasteiger partial charge in [-0.2, -0.15) is 0 Å². The van der Waals surface area contributed by atoms with Crippen molar-refractivity contribution in [3.8, 4) is 0 Å². The van der Waals surface area contributed by atoms with Gasteiger partial charge in [0.2, 0.25) is 0 Å². The van der Waals surface area contributed by atoms with Gasteiger partial charge in [0.05, 0.1) is 0 Å². The highest BCUT2D eigenvalue weighted by atomic mass is 19.3. The molecule has 1 atom stereocenters. The van der Waals surface area contributed by atoms with E-state index in [1.54, 1.807) is 19.1 Å². The van der Waals surface area contributed by atoms with Crippen molar-refractivity contribution in [3.05, 3.63) is 75.4 Å². The average molecular weight is 389 g/mol. The topological polar surface area (TPSA) is 33.1 Å². The normalized spacial score (nSPS) is 19.6. The summed E-state index contributed by atoms with van der Waals surface area (Å²) in [5, 5.41) is 7.49. The average Bonchev–Trinajstić information content (AvgIpc) is 2.85. The fourth-order valence-electron chi connectivity index (χ4n) is 4.30. The Labute approximate surface area is 160 Å². The molecule has 0 bridgehead atoms. The highest BCUT2D eigenvalue weighted by Gasteiger charge is 2.51. The summed E-state index contributed by atoms with van der Waals surface area (Å²) in [6.45, 7) is 3.04. The molecular weight excluding hydrogens is 370 g/mol. The van der Waals surface area contributed by atoms with Crippen LogP contribution in [-0.2, 0) is 17.6 Å². The number of alkyl halides is 2. The van der Waals surface area contributed by atoms with Gasteiger partial charge < -0.3 is 4.74 Å². The Morgan fingerprint density at radius 1 is 1.21 bits per heavy atom. The summed E-state index contributed by atoms with van der Waals surface area (Å²) >= 11 is 0. The maximum absolute atomic E-state index is 14.8. The number of aryl methyl sites for hydroxylation is 2. The number of allylic oxidation sites excluding steroid dienone is 1. The molecule has 2 aromatic carbocycles. The molecule has 0 amide bonds. The van der Waals surface area contributed by atoms with Gasteiger partial charge in [-0.1, -0.05) is 18.2 Å². The molecule has 0 heterocycles. The first-order valence-electron chi connectivity index (χ1n) is 9.10. The van der Waals surface area contributed by atoms with Crippen molar-refractivity contribution >= 4 is 11.5 Å². The Hall–Kier alpha value is -2.63. The second-order valence-corrected chi connectivity index (χ2v) is 7.39. The maximum atomic E-state index is 14.8. The van der Waals surface area contributed by atoms with E-state index in [-0.39, 0.29) is 11.5 Å². The monoisotopic (exact) mass is 389 g/mol. The molecule has 4 rings (SSSR count). The Morgan fingerprint density at radius 2 is 1.96 bits per heavy atom. The zero-order valence-corrected chi connectivity index (χ0v) is 15.5. The second kappa shape index (κ2) is 6.47. The van der Waals surface area contributed by atoms with Crippen molar-refractivity contribution in [3.63, 3.8) is 0 Å². The predicted molar refractivity (Wildman–Crippen MR) is 98.8 cm³/mol. The number of hydrogen-bond acceptors (Lipinski definition) is 2. The second-order valence-electron chi connectivity index (χ2n) is 7.39. The molecular formula is C22H19F4NO. The van der Waals surface area contributed by atoms with E-state index in [1.807, 2.05) is 6.08 Å².